The van der Waals surface area contributed by atoms with Crippen LogP contribution >= 0.6 is 11.6 Å². The van der Waals surface area contributed by atoms with Crippen molar-refractivity contribution in [2.24, 2.45) is 0 Å². The van der Waals surface area contributed by atoms with Crippen LogP contribution in [0.25, 0.3) is 0 Å². The normalized spacial score (nSPS) is 26.7. The van der Waals surface area contributed by atoms with E-state index in [9.17, 15) is 19.1 Å². The molecular formula is C24H24ClFN2O6. The molecule has 2 bridgehead atoms. The predicted molar refractivity (Wildman–Crippen MR) is 120 cm³/mol. The summed E-state index contributed by atoms with van der Waals surface area (Å²) in [6, 6.07) is 8.94. The minimum absolute atomic E-state index is 0.0248. The topological polar surface area (TPSA) is 106 Å². The van der Waals surface area contributed by atoms with Gasteiger partial charge >= 0.3 is 0 Å². The maximum atomic E-state index is 13.6. The van der Waals surface area contributed by atoms with Crippen LogP contribution in [0, 0.1) is 5.82 Å². The Hall–Kier alpha value is -3.04. The van der Waals surface area contributed by atoms with E-state index in [2.05, 4.69) is 10.6 Å². The van der Waals surface area contributed by atoms with E-state index in [4.69, 9.17) is 25.8 Å². The number of carbonyl (C=O) groups is 2. The van der Waals surface area contributed by atoms with Crippen LogP contribution in [0.2, 0.25) is 5.02 Å². The van der Waals surface area contributed by atoms with Crippen LogP contribution in [0.15, 0.2) is 36.4 Å². The minimum Gasteiger partial charge on any atom is -0.484 e. The van der Waals surface area contributed by atoms with E-state index in [1.54, 1.807) is 18.2 Å². The van der Waals surface area contributed by atoms with E-state index in [0.29, 0.717) is 49.2 Å². The number of hydrogen-bond acceptors (Lipinski definition) is 6. The van der Waals surface area contributed by atoms with Crippen molar-refractivity contribution >= 4 is 23.4 Å². The molecule has 1 atom stereocenters. The molecule has 0 spiro atoms. The van der Waals surface area contributed by atoms with Crippen molar-refractivity contribution in [1.82, 2.24) is 10.6 Å². The number of ether oxygens (including phenoxy) is 3. The molecule has 180 valence electrons. The standard InChI is InChI=1S/C24H24ClFN2O6/c25-16-3-2-15(10-17(16)26)32-12-21(30)27-23-5-7-24(8-6-23,20(29)11-23)28-22(31)14-1-4-18-19(9-14)34-13-33-18/h1-4,9-10,20,29H,5-8,11-13H2,(H,27,30)(H,28,31). The summed E-state index contributed by atoms with van der Waals surface area (Å²) in [5.74, 6) is 0.0342. The Morgan fingerprint density at radius 1 is 1.09 bits per heavy atom. The number of hydrogen-bond donors (Lipinski definition) is 3. The smallest absolute Gasteiger partial charge is 0.258 e. The van der Waals surface area contributed by atoms with Gasteiger partial charge in [-0.3, -0.25) is 9.59 Å². The molecule has 34 heavy (non-hydrogen) atoms. The maximum absolute atomic E-state index is 13.6. The van der Waals surface area contributed by atoms with Gasteiger partial charge in [-0.05, 0) is 62.4 Å². The van der Waals surface area contributed by atoms with Crippen LogP contribution in [-0.4, -0.2) is 47.5 Å². The fourth-order valence-corrected chi connectivity index (χ4v) is 5.16. The van der Waals surface area contributed by atoms with Crippen molar-refractivity contribution in [3.63, 3.8) is 0 Å². The zero-order chi connectivity index (χ0) is 23.9. The molecule has 3 fully saturated rings. The number of aliphatic hydroxyl groups excluding tert-OH is 1. The first-order valence-corrected chi connectivity index (χ1v) is 11.4. The van der Waals surface area contributed by atoms with Gasteiger partial charge in [0.05, 0.1) is 16.7 Å². The molecule has 0 aromatic heterocycles. The number of benzene rings is 2. The van der Waals surface area contributed by atoms with Crippen LogP contribution in [0.3, 0.4) is 0 Å². The fourth-order valence-electron chi connectivity index (χ4n) is 5.05. The second-order valence-electron chi connectivity index (χ2n) is 9.09. The maximum Gasteiger partial charge on any atom is 0.258 e. The number of halogens is 2. The van der Waals surface area contributed by atoms with Crippen molar-refractivity contribution in [1.29, 1.82) is 0 Å². The summed E-state index contributed by atoms with van der Waals surface area (Å²) >= 11 is 5.66. The average molecular weight is 491 g/mol. The molecular weight excluding hydrogens is 467 g/mol. The molecule has 1 unspecified atom stereocenters. The van der Waals surface area contributed by atoms with Gasteiger partial charge in [0.25, 0.3) is 11.8 Å². The molecule has 10 heteroatoms. The van der Waals surface area contributed by atoms with E-state index >= 15 is 0 Å². The quantitative estimate of drug-likeness (QED) is 0.575. The van der Waals surface area contributed by atoms with Crippen LogP contribution in [0.4, 0.5) is 4.39 Å². The molecule has 1 heterocycles. The van der Waals surface area contributed by atoms with Crippen molar-refractivity contribution in [2.45, 2.75) is 49.3 Å². The number of rotatable bonds is 6. The Kier molecular flexibility index (Phi) is 5.77. The third kappa shape index (κ3) is 4.25. The molecule has 3 saturated carbocycles. The monoisotopic (exact) mass is 490 g/mol. The number of nitrogens with one attached hydrogen (secondary N) is 2. The molecule has 2 amide bonds. The highest BCUT2D eigenvalue weighted by molar-refractivity contribution is 6.30. The van der Waals surface area contributed by atoms with Crippen molar-refractivity contribution < 1.29 is 33.3 Å². The lowest BCUT2D eigenvalue weighted by atomic mass is 9.60. The van der Waals surface area contributed by atoms with E-state index in [1.165, 1.54) is 12.1 Å². The van der Waals surface area contributed by atoms with Crippen LogP contribution < -0.4 is 24.8 Å². The summed E-state index contributed by atoms with van der Waals surface area (Å²) in [6.45, 7) is -0.163. The number of carbonyl (C=O) groups excluding carboxylic acids is 2. The molecule has 3 N–H and O–H groups in total. The van der Waals surface area contributed by atoms with Gasteiger partial charge in [0.2, 0.25) is 6.79 Å². The van der Waals surface area contributed by atoms with Gasteiger partial charge < -0.3 is 30.0 Å². The summed E-state index contributed by atoms with van der Waals surface area (Å²) in [5, 5.41) is 16.9. The predicted octanol–water partition coefficient (Wildman–Crippen LogP) is 2.95. The van der Waals surface area contributed by atoms with Crippen molar-refractivity contribution in [3.8, 4) is 17.2 Å². The second-order valence-corrected chi connectivity index (χ2v) is 9.50. The molecule has 0 saturated heterocycles. The molecule has 2 aromatic carbocycles. The second kappa shape index (κ2) is 8.63. The fraction of sp³-hybridized carbons (Fsp3) is 0.417. The Bertz CT molecular complexity index is 1130. The molecule has 2 aromatic rings. The van der Waals surface area contributed by atoms with E-state index in [0.717, 1.165) is 6.07 Å². The van der Waals surface area contributed by atoms with Crippen LogP contribution in [0.5, 0.6) is 17.2 Å². The highest BCUT2D eigenvalue weighted by Crippen LogP contribution is 2.47. The van der Waals surface area contributed by atoms with Crippen LogP contribution in [-0.2, 0) is 4.79 Å². The molecule has 3 aliphatic carbocycles. The lowest BCUT2D eigenvalue weighted by Gasteiger charge is -2.56. The Morgan fingerprint density at radius 3 is 2.59 bits per heavy atom. The first kappa shape index (κ1) is 22.7. The highest BCUT2D eigenvalue weighted by Gasteiger charge is 2.55. The average Bonchev–Trinajstić information content (AvgIpc) is 3.29. The zero-order valence-electron chi connectivity index (χ0n) is 18.2. The van der Waals surface area contributed by atoms with E-state index in [1.807, 2.05) is 0 Å². The lowest BCUT2D eigenvalue weighted by molar-refractivity contribution is -0.129. The largest absolute Gasteiger partial charge is 0.484 e. The van der Waals surface area contributed by atoms with Gasteiger partial charge in [-0.25, -0.2) is 4.39 Å². The van der Waals surface area contributed by atoms with Gasteiger partial charge in [-0.2, -0.15) is 0 Å². The molecule has 6 rings (SSSR count). The molecule has 0 radical (unpaired) electrons. The van der Waals surface area contributed by atoms with Gasteiger partial charge in [0.1, 0.15) is 11.6 Å². The summed E-state index contributed by atoms with van der Waals surface area (Å²) in [5.41, 5.74) is -0.898. The zero-order valence-corrected chi connectivity index (χ0v) is 19.0. The van der Waals surface area contributed by atoms with Gasteiger partial charge in [0, 0.05) is 17.2 Å². The summed E-state index contributed by atoms with van der Waals surface area (Å²) < 4.78 is 29.6. The van der Waals surface area contributed by atoms with Crippen molar-refractivity contribution in [2.75, 3.05) is 13.4 Å². The number of aliphatic hydroxyl groups is 1. The first-order chi connectivity index (χ1) is 16.3. The summed E-state index contributed by atoms with van der Waals surface area (Å²) in [4.78, 5) is 25.5. The Morgan fingerprint density at radius 2 is 1.85 bits per heavy atom. The lowest BCUT2D eigenvalue weighted by Crippen LogP contribution is -2.70. The first-order valence-electron chi connectivity index (χ1n) is 11.1. The third-order valence-corrected chi connectivity index (χ3v) is 7.29. The highest BCUT2D eigenvalue weighted by atomic mass is 35.5. The number of amides is 2. The Balaban J connectivity index is 1.18. The van der Waals surface area contributed by atoms with E-state index in [-0.39, 0.29) is 36.0 Å². The molecule has 8 nitrogen and oxygen atoms in total. The minimum atomic E-state index is -0.820. The van der Waals surface area contributed by atoms with Crippen LogP contribution in [0.1, 0.15) is 42.5 Å². The third-order valence-electron chi connectivity index (χ3n) is 6.98. The van der Waals surface area contributed by atoms with Gasteiger partial charge in [-0.15, -0.1) is 0 Å². The summed E-state index contributed by atoms with van der Waals surface area (Å²) in [6.07, 6.45) is 1.75. The molecule has 4 aliphatic rings. The SMILES string of the molecule is O=C(COc1ccc(Cl)c(F)c1)NC12CCC(NC(=O)c3ccc4c(c3)OCO4)(CC1)C(O)C2. The van der Waals surface area contributed by atoms with Gasteiger partial charge in [0.15, 0.2) is 18.1 Å². The van der Waals surface area contributed by atoms with Crippen molar-refractivity contribution in [3.05, 3.63) is 52.8 Å². The van der Waals surface area contributed by atoms with E-state index < -0.39 is 23.0 Å². The summed E-state index contributed by atoms with van der Waals surface area (Å²) in [7, 11) is 0. The number of fused-ring (bicyclic) bond motifs is 4. The van der Waals surface area contributed by atoms with Gasteiger partial charge in [-0.1, -0.05) is 11.6 Å². The Labute approximate surface area is 200 Å². The molecule has 1 aliphatic heterocycles.